The van der Waals surface area contributed by atoms with E-state index in [1.807, 2.05) is 0 Å². The molecular formula is C16H18ClNO7S. The van der Waals surface area contributed by atoms with Gasteiger partial charge in [0.25, 0.3) is 5.91 Å². The van der Waals surface area contributed by atoms with Crippen LogP contribution in [0.3, 0.4) is 0 Å². The van der Waals surface area contributed by atoms with E-state index < -0.39 is 33.9 Å². The zero-order valence-corrected chi connectivity index (χ0v) is 15.6. The molecule has 1 aromatic rings. The zero-order valence-electron chi connectivity index (χ0n) is 14.0. The average Bonchev–Trinajstić information content (AvgIpc) is 2.93. The summed E-state index contributed by atoms with van der Waals surface area (Å²) < 4.78 is 38.8. The van der Waals surface area contributed by atoms with E-state index in [2.05, 4.69) is 5.32 Å². The first-order chi connectivity index (χ1) is 12.2. The van der Waals surface area contributed by atoms with Gasteiger partial charge in [0.1, 0.15) is 13.2 Å². The number of hydrogen-bond donors (Lipinski definition) is 1. The number of esters is 1. The molecule has 0 aromatic heterocycles. The molecule has 2 heterocycles. The molecule has 0 radical (unpaired) electrons. The Morgan fingerprint density at radius 3 is 2.73 bits per heavy atom. The molecule has 0 bridgehead atoms. The number of rotatable bonds is 4. The highest BCUT2D eigenvalue weighted by atomic mass is 35.5. The summed E-state index contributed by atoms with van der Waals surface area (Å²) in [5, 5.41) is 2.80. The summed E-state index contributed by atoms with van der Waals surface area (Å²) >= 11 is 6.08. The molecule has 1 N–H and O–H groups in total. The third-order valence-electron chi connectivity index (χ3n) is 4.06. The van der Waals surface area contributed by atoms with Gasteiger partial charge in [0.15, 0.2) is 27.4 Å². The highest BCUT2D eigenvalue weighted by Crippen LogP contribution is 2.38. The van der Waals surface area contributed by atoms with Crippen LogP contribution in [0.25, 0.3) is 0 Å². The topological polar surface area (TPSA) is 108 Å². The first-order valence-corrected chi connectivity index (χ1v) is 10.3. The van der Waals surface area contributed by atoms with E-state index in [9.17, 15) is 18.0 Å². The predicted molar refractivity (Wildman–Crippen MR) is 92.5 cm³/mol. The second-order valence-corrected chi connectivity index (χ2v) is 8.77. The zero-order chi connectivity index (χ0) is 18.9. The Balaban J connectivity index is 1.62. The molecule has 2 aliphatic rings. The average molecular weight is 404 g/mol. The lowest BCUT2D eigenvalue weighted by atomic mass is 10.2. The van der Waals surface area contributed by atoms with Crippen molar-refractivity contribution in [2.75, 3.05) is 24.7 Å². The van der Waals surface area contributed by atoms with Gasteiger partial charge in [-0.3, -0.25) is 4.79 Å². The number of sulfone groups is 1. The van der Waals surface area contributed by atoms with Gasteiger partial charge in [-0.1, -0.05) is 11.6 Å². The molecule has 0 aliphatic carbocycles. The highest BCUT2D eigenvalue weighted by Gasteiger charge is 2.31. The van der Waals surface area contributed by atoms with Gasteiger partial charge in [-0.25, -0.2) is 13.2 Å². The van der Waals surface area contributed by atoms with Crippen LogP contribution in [0, 0.1) is 0 Å². The number of ether oxygens (including phenoxy) is 3. The van der Waals surface area contributed by atoms with Crippen molar-refractivity contribution in [1.82, 2.24) is 5.32 Å². The van der Waals surface area contributed by atoms with Crippen LogP contribution >= 0.6 is 11.6 Å². The van der Waals surface area contributed by atoms with Crippen LogP contribution in [-0.2, 0) is 19.4 Å². The van der Waals surface area contributed by atoms with Gasteiger partial charge in [-0.2, -0.15) is 0 Å². The maximum atomic E-state index is 12.3. The molecule has 142 valence electrons. The summed E-state index contributed by atoms with van der Waals surface area (Å²) in [7, 11) is -3.11. The van der Waals surface area contributed by atoms with Gasteiger partial charge in [-0.15, -0.1) is 0 Å². The molecule has 1 saturated heterocycles. The van der Waals surface area contributed by atoms with Gasteiger partial charge < -0.3 is 19.5 Å². The van der Waals surface area contributed by atoms with Gasteiger partial charge in [0.2, 0.25) is 0 Å². The normalized spacial score (nSPS) is 21.7. The van der Waals surface area contributed by atoms with Gasteiger partial charge in [-0.05, 0) is 25.5 Å². The first-order valence-electron chi connectivity index (χ1n) is 8.06. The summed E-state index contributed by atoms with van der Waals surface area (Å²) in [6.45, 7) is 2.12. The summed E-state index contributed by atoms with van der Waals surface area (Å²) in [6.07, 6.45) is -0.732. The molecule has 2 atom stereocenters. The van der Waals surface area contributed by atoms with Crippen LogP contribution in [0.15, 0.2) is 12.1 Å². The van der Waals surface area contributed by atoms with Crippen LogP contribution in [0.4, 0.5) is 0 Å². The molecular weight excluding hydrogens is 386 g/mol. The molecule has 1 aromatic carbocycles. The van der Waals surface area contributed by atoms with Gasteiger partial charge in [0, 0.05) is 6.04 Å². The van der Waals surface area contributed by atoms with Crippen molar-refractivity contribution in [3.8, 4) is 11.5 Å². The second kappa shape index (κ2) is 7.32. The summed E-state index contributed by atoms with van der Waals surface area (Å²) in [6, 6.07) is 2.36. The number of benzene rings is 1. The Morgan fingerprint density at radius 2 is 2.04 bits per heavy atom. The molecule has 8 nitrogen and oxygen atoms in total. The second-order valence-electron chi connectivity index (χ2n) is 6.14. The van der Waals surface area contributed by atoms with E-state index in [4.69, 9.17) is 25.8 Å². The maximum absolute atomic E-state index is 12.3. The molecule has 1 fully saturated rings. The van der Waals surface area contributed by atoms with Crippen molar-refractivity contribution in [1.29, 1.82) is 0 Å². The lowest BCUT2D eigenvalue weighted by molar-refractivity contribution is -0.129. The number of carbonyl (C=O) groups is 2. The molecule has 10 heteroatoms. The molecule has 3 rings (SSSR count). The monoisotopic (exact) mass is 403 g/mol. The SMILES string of the molecule is C[C@@H](OC(=O)c1cc(Cl)c2c(c1)OCCO2)C(=O)N[C@@H]1CCS(=O)(=O)C1. The lowest BCUT2D eigenvalue weighted by Crippen LogP contribution is -2.42. The lowest BCUT2D eigenvalue weighted by Gasteiger charge is -2.20. The molecule has 0 saturated carbocycles. The van der Waals surface area contributed by atoms with E-state index in [0.717, 1.165) is 0 Å². The smallest absolute Gasteiger partial charge is 0.339 e. The minimum absolute atomic E-state index is 0.0435. The van der Waals surface area contributed by atoms with Crippen molar-refractivity contribution < 1.29 is 32.2 Å². The van der Waals surface area contributed by atoms with Crippen molar-refractivity contribution in [3.05, 3.63) is 22.7 Å². The molecule has 0 spiro atoms. The van der Waals surface area contributed by atoms with E-state index in [0.29, 0.717) is 31.1 Å². The minimum atomic E-state index is -3.11. The van der Waals surface area contributed by atoms with Crippen molar-refractivity contribution in [3.63, 3.8) is 0 Å². The number of hydrogen-bond acceptors (Lipinski definition) is 7. The Bertz CT molecular complexity index is 839. The number of fused-ring (bicyclic) bond motifs is 1. The van der Waals surface area contributed by atoms with Crippen LogP contribution in [0.1, 0.15) is 23.7 Å². The van der Waals surface area contributed by atoms with E-state index >= 15 is 0 Å². The minimum Gasteiger partial charge on any atom is -0.486 e. The number of amides is 1. The molecule has 1 amide bonds. The number of nitrogens with one attached hydrogen (secondary N) is 1. The Morgan fingerprint density at radius 1 is 1.31 bits per heavy atom. The number of halogens is 1. The fraction of sp³-hybridized carbons (Fsp3) is 0.500. The van der Waals surface area contributed by atoms with Crippen molar-refractivity contribution in [2.24, 2.45) is 0 Å². The van der Waals surface area contributed by atoms with Crippen molar-refractivity contribution >= 4 is 33.3 Å². The largest absolute Gasteiger partial charge is 0.486 e. The highest BCUT2D eigenvalue weighted by molar-refractivity contribution is 7.91. The fourth-order valence-corrected chi connectivity index (χ4v) is 4.68. The fourth-order valence-electron chi connectivity index (χ4n) is 2.74. The summed E-state index contributed by atoms with van der Waals surface area (Å²) in [5.74, 6) is -0.653. The quantitative estimate of drug-likeness (QED) is 0.746. The van der Waals surface area contributed by atoms with Gasteiger partial charge >= 0.3 is 5.97 Å². The van der Waals surface area contributed by atoms with Crippen LogP contribution < -0.4 is 14.8 Å². The van der Waals surface area contributed by atoms with Crippen LogP contribution in [-0.4, -0.2) is 57.2 Å². The summed E-state index contributed by atoms with van der Waals surface area (Å²) in [5.41, 5.74) is 0.127. The molecule has 26 heavy (non-hydrogen) atoms. The Kier molecular flexibility index (Phi) is 5.29. The Labute approximate surface area is 155 Å². The van der Waals surface area contributed by atoms with Crippen LogP contribution in [0.5, 0.6) is 11.5 Å². The molecule has 2 aliphatic heterocycles. The predicted octanol–water partition coefficient (Wildman–Crippen LogP) is 0.960. The molecule has 0 unspecified atom stereocenters. The third-order valence-corrected chi connectivity index (χ3v) is 6.11. The van der Waals surface area contributed by atoms with E-state index in [1.165, 1.54) is 19.1 Å². The summed E-state index contributed by atoms with van der Waals surface area (Å²) in [4.78, 5) is 24.4. The van der Waals surface area contributed by atoms with Crippen molar-refractivity contribution in [2.45, 2.75) is 25.5 Å². The van der Waals surface area contributed by atoms with Crippen LogP contribution in [0.2, 0.25) is 5.02 Å². The van der Waals surface area contributed by atoms with Gasteiger partial charge in [0.05, 0.1) is 22.1 Å². The van der Waals surface area contributed by atoms with E-state index in [1.54, 1.807) is 0 Å². The maximum Gasteiger partial charge on any atom is 0.339 e. The first kappa shape index (κ1) is 18.8. The van der Waals surface area contributed by atoms with E-state index in [-0.39, 0.29) is 22.1 Å². The number of carbonyl (C=O) groups excluding carboxylic acids is 2. The Hall–Kier alpha value is -2.00. The standard InChI is InChI=1S/C16H18ClNO7S/c1-9(15(19)18-11-2-5-26(21,22)8-11)25-16(20)10-6-12(17)14-13(7-10)23-3-4-24-14/h6-7,9,11H,2-5,8H2,1H3,(H,18,19)/t9-,11-/m1/s1. The third kappa shape index (κ3) is 4.21.